The predicted octanol–water partition coefficient (Wildman–Crippen LogP) is 0.485. The van der Waals surface area contributed by atoms with E-state index in [0.717, 1.165) is 6.26 Å². The fourth-order valence-corrected chi connectivity index (χ4v) is 0.312. The molecule has 0 aliphatic carbocycles. The van der Waals surface area contributed by atoms with E-state index in [4.69, 9.17) is 10.8 Å². The average Bonchev–Trinajstić information content (AvgIpc) is 2.03. The largest absolute Gasteiger partial charge is 0.476 e. The van der Waals surface area contributed by atoms with Crippen molar-refractivity contribution in [2.75, 3.05) is 0 Å². The molecule has 0 heterocycles. The van der Waals surface area contributed by atoms with E-state index in [0.29, 0.717) is 6.42 Å². The topological polar surface area (TPSA) is 81.8 Å². The van der Waals surface area contributed by atoms with Crippen molar-refractivity contribution in [3.8, 4) is 0 Å². The highest BCUT2D eigenvalue weighted by Crippen LogP contribution is 2.02. The third-order valence-electron chi connectivity index (χ3n) is 0.938. The second-order valence-corrected chi connectivity index (χ2v) is 2.51. The Kier molecular flexibility index (Phi) is 5.31. The zero-order valence-corrected chi connectivity index (χ0v) is 7.45. The van der Waals surface area contributed by atoms with Gasteiger partial charge in [-0.3, -0.25) is 0 Å². The van der Waals surface area contributed by atoms with Crippen LogP contribution < -0.4 is 5.73 Å². The Morgan fingerprint density at radius 3 is 2.83 bits per heavy atom. The third-order valence-corrected chi connectivity index (χ3v) is 1.39. The fraction of sp³-hybridized carbons (Fsp3) is 0.500. The third kappa shape index (κ3) is 4.86. The molecular weight excluding hydrogens is 182 g/mol. The van der Waals surface area contributed by atoms with Gasteiger partial charge in [-0.1, -0.05) is 6.92 Å². The van der Waals surface area contributed by atoms with Crippen LogP contribution in [0.25, 0.3) is 0 Å². The zero-order valence-electron chi connectivity index (χ0n) is 6.56. The van der Waals surface area contributed by atoms with Gasteiger partial charge in [-0.15, -0.1) is 12.6 Å². The molecule has 12 heavy (non-hydrogen) atoms. The summed E-state index contributed by atoms with van der Waals surface area (Å²) in [6, 6.07) is 0. The van der Waals surface area contributed by atoms with Gasteiger partial charge in [0.1, 0.15) is 5.44 Å². The van der Waals surface area contributed by atoms with Crippen LogP contribution >= 0.6 is 12.6 Å². The molecule has 0 bridgehead atoms. The van der Waals surface area contributed by atoms with Crippen molar-refractivity contribution in [1.29, 1.82) is 0 Å². The van der Waals surface area contributed by atoms with E-state index >= 15 is 0 Å². The van der Waals surface area contributed by atoms with Crippen LogP contribution in [0.15, 0.2) is 12.0 Å². The van der Waals surface area contributed by atoms with E-state index < -0.39 is 11.7 Å². The van der Waals surface area contributed by atoms with Crippen molar-refractivity contribution in [1.82, 2.24) is 0 Å². The van der Waals surface area contributed by atoms with E-state index in [2.05, 4.69) is 22.4 Å². The molecule has 0 unspecified atom stereocenters. The summed E-state index contributed by atoms with van der Waals surface area (Å²) >= 11 is 3.92. The molecule has 5 nitrogen and oxygen atoms in total. The van der Waals surface area contributed by atoms with E-state index in [1.54, 1.807) is 0 Å². The van der Waals surface area contributed by atoms with Gasteiger partial charge < -0.3 is 15.7 Å². The zero-order chi connectivity index (χ0) is 9.56. The summed E-state index contributed by atoms with van der Waals surface area (Å²) < 4.78 is 0. The Labute approximate surface area is 75.5 Å². The number of nitrogens with two attached hydrogens (primary N) is 1. The maximum atomic E-state index is 10.1. The van der Waals surface area contributed by atoms with Crippen LogP contribution in [0.5, 0.6) is 0 Å². The Morgan fingerprint density at radius 2 is 2.42 bits per heavy atom. The molecule has 0 rings (SSSR count). The lowest BCUT2D eigenvalue weighted by Gasteiger charge is -2.05. The Balaban J connectivity index is 3.67. The molecule has 3 N–H and O–H groups in total. The molecule has 0 aromatic carbocycles. The maximum Gasteiger partial charge on any atom is 0.355 e. The van der Waals surface area contributed by atoms with Gasteiger partial charge >= 0.3 is 5.97 Å². The number of hydrogen-bond donors (Lipinski definition) is 3. The minimum absolute atomic E-state index is 0.386. The molecule has 6 heteroatoms. The lowest BCUT2D eigenvalue weighted by Crippen LogP contribution is -2.11. The summed E-state index contributed by atoms with van der Waals surface area (Å²) in [5.41, 5.74) is 4.17. The monoisotopic (exact) mass is 193 g/mol. The first-order chi connectivity index (χ1) is 5.57. The number of aliphatic carboxylic acids is 1. The van der Waals surface area contributed by atoms with Gasteiger partial charge in [0.25, 0.3) is 0 Å². The molecule has 0 saturated carbocycles. The number of hydrogen-bond acceptors (Lipinski definition) is 5. The van der Waals surface area contributed by atoms with Gasteiger partial charge in [-0.2, -0.15) is 4.89 Å². The molecule has 70 valence electrons. The predicted molar refractivity (Wildman–Crippen MR) is 45.1 cm³/mol. The summed E-state index contributed by atoms with van der Waals surface area (Å²) in [5, 5.41) is 8.26. The second kappa shape index (κ2) is 5.73. The first kappa shape index (κ1) is 11.1. The second-order valence-electron chi connectivity index (χ2n) is 1.93. The molecule has 0 spiro atoms. The van der Waals surface area contributed by atoms with E-state index in [1.165, 1.54) is 0 Å². The summed E-state index contributed by atoms with van der Waals surface area (Å²) in [6.07, 6.45) is 1.45. The highest BCUT2D eigenvalue weighted by atomic mass is 32.1. The molecule has 0 saturated heterocycles. The Morgan fingerprint density at radius 1 is 1.83 bits per heavy atom. The van der Waals surface area contributed by atoms with Crippen LogP contribution in [0.2, 0.25) is 0 Å². The van der Waals surface area contributed by atoms with Gasteiger partial charge in [0, 0.05) is 0 Å². The van der Waals surface area contributed by atoms with Crippen LogP contribution in [0.1, 0.15) is 13.3 Å². The molecular formula is C6H11NO4S. The summed E-state index contributed by atoms with van der Waals surface area (Å²) in [6.45, 7) is 1.84. The fourth-order valence-electron chi connectivity index (χ4n) is 0.262. The molecule has 0 amide bonds. The SMILES string of the molecule is CC[C@@H](S)OO/C=C(\N)C(=O)O. The molecule has 0 aromatic rings. The van der Waals surface area contributed by atoms with Crippen molar-refractivity contribution in [2.45, 2.75) is 18.8 Å². The number of thiol groups is 1. The molecule has 0 aliphatic heterocycles. The standard InChI is InChI=1S/C6H11NO4S/c1-2-5(12)11-10-3-4(7)6(8)9/h3,5,12H,2,7H2,1H3,(H,8,9)/b4-3-/t5-/m1/s1. The van der Waals surface area contributed by atoms with Crippen molar-refractivity contribution in [2.24, 2.45) is 5.73 Å². The van der Waals surface area contributed by atoms with E-state index in [-0.39, 0.29) is 5.44 Å². The first-order valence-electron chi connectivity index (χ1n) is 3.27. The quantitative estimate of drug-likeness (QED) is 0.148. The average molecular weight is 193 g/mol. The number of rotatable bonds is 5. The molecule has 0 fully saturated rings. The summed E-state index contributed by atoms with van der Waals surface area (Å²) in [7, 11) is 0. The normalized spacial score (nSPS) is 14.0. The highest BCUT2D eigenvalue weighted by Gasteiger charge is 2.02. The van der Waals surface area contributed by atoms with Gasteiger partial charge in [0.2, 0.25) is 0 Å². The van der Waals surface area contributed by atoms with Crippen molar-refractivity contribution >= 4 is 18.6 Å². The number of carboxylic acids is 1. The van der Waals surface area contributed by atoms with Crippen molar-refractivity contribution in [3.63, 3.8) is 0 Å². The summed E-state index contributed by atoms with van der Waals surface area (Å²) in [4.78, 5) is 19.0. The number of carboxylic acid groups (broad SMARTS) is 1. The number of carbonyl (C=O) groups is 1. The molecule has 0 aromatic heterocycles. The van der Waals surface area contributed by atoms with Gasteiger partial charge in [-0.05, 0) is 6.42 Å². The Bertz CT molecular complexity index is 182. The van der Waals surface area contributed by atoms with E-state index in [9.17, 15) is 4.79 Å². The molecule has 0 aliphatic rings. The van der Waals surface area contributed by atoms with Crippen molar-refractivity contribution < 1.29 is 19.7 Å². The lowest BCUT2D eigenvalue weighted by molar-refractivity contribution is -0.260. The van der Waals surface area contributed by atoms with Crippen LogP contribution in [-0.4, -0.2) is 16.5 Å². The van der Waals surface area contributed by atoms with Crippen LogP contribution in [0.4, 0.5) is 0 Å². The Hall–Kier alpha value is -0.880. The van der Waals surface area contributed by atoms with Gasteiger partial charge in [-0.25, -0.2) is 4.79 Å². The van der Waals surface area contributed by atoms with Gasteiger partial charge in [0.05, 0.1) is 0 Å². The minimum Gasteiger partial charge on any atom is -0.476 e. The maximum absolute atomic E-state index is 10.1. The van der Waals surface area contributed by atoms with Crippen LogP contribution in [0.3, 0.4) is 0 Å². The first-order valence-corrected chi connectivity index (χ1v) is 3.78. The van der Waals surface area contributed by atoms with Gasteiger partial charge in [0.15, 0.2) is 12.0 Å². The van der Waals surface area contributed by atoms with E-state index in [1.807, 2.05) is 6.92 Å². The molecule has 0 radical (unpaired) electrons. The smallest absolute Gasteiger partial charge is 0.355 e. The minimum atomic E-state index is -1.26. The lowest BCUT2D eigenvalue weighted by atomic mass is 10.5. The summed E-state index contributed by atoms with van der Waals surface area (Å²) in [5.74, 6) is -1.26. The van der Waals surface area contributed by atoms with Crippen LogP contribution in [0, 0.1) is 0 Å². The van der Waals surface area contributed by atoms with Crippen LogP contribution in [-0.2, 0) is 14.6 Å². The highest BCUT2D eigenvalue weighted by molar-refractivity contribution is 7.80. The molecule has 1 atom stereocenters. The van der Waals surface area contributed by atoms with Crippen molar-refractivity contribution in [3.05, 3.63) is 12.0 Å².